The van der Waals surface area contributed by atoms with Crippen LogP contribution in [0.1, 0.15) is 36.0 Å². The number of amides is 1. The van der Waals surface area contributed by atoms with E-state index in [0.717, 1.165) is 29.2 Å². The van der Waals surface area contributed by atoms with Crippen molar-refractivity contribution in [1.82, 2.24) is 10.2 Å². The molecule has 1 amide bonds. The molecule has 0 aromatic heterocycles. The highest BCUT2D eigenvalue weighted by molar-refractivity contribution is 5.91. The second kappa shape index (κ2) is 9.61. The third-order valence-corrected chi connectivity index (χ3v) is 5.34. The van der Waals surface area contributed by atoms with E-state index in [1.165, 1.54) is 37.9 Å². The van der Waals surface area contributed by atoms with E-state index in [-0.39, 0.29) is 5.91 Å². The lowest BCUT2D eigenvalue weighted by atomic mass is 10.1. The summed E-state index contributed by atoms with van der Waals surface area (Å²) in [5.41, 5.74) is 3.35. The zero-order chi connectivity index (χ0) is 19.9. The van der Waals surface area contributed by atoms with Crippen LogP contribution in [0, 0.1) is 0 Å². The first-order chi connectivity index (χ1) is 14.3. The van der Waals surface area contributed by atoms with Gasteiger partial charge in [0.15, 0.2) is 11.5 Å². The lowest BCUT2D eigenvalue weighted by molar-refractivity contribution is -0.116. The van der Waals surface area contributed by atoms with Crippen molar-refractivity contribution >= 4 is 12.0 Å². The highest BCUT2D eigenvalue weighted by Gasteiger charge is 2.11. The summed E-state index contributed by atoms with van der Waals surface area (Å²) in [6.45, 7) is 5.07. The summed E-state index contributed by atoms with van der Waals surface area (Å²) in [6.07, 6.45) is 7.32. The third-order valence-electron chi connectivity index (χ3n) is 5.34. The molecule has 0 spiro atoms. The molecular formula is C24H28N2O3. The van der Waals surface area contributed by atoms with Crippen molar-refractivity contribution in [3.63, 3.8) is 0 Å². The molecule has 29 heavy (non-hydrogen) atoms. The van der Waals surface area contributed by atoms with Crippen molar-refractivity contribution < 1.29 is 14.3 Å². The van der Waals surface area contributed by atoms with Crippen molar-refractivity contribution in [3.8, 4) is 11.5 Å². The summed E-state index contributed by atoms with van der Waals surface area (Å²) in [5.74, 6) is 1.36. The Hall–Kier alpha value is -2.79. The van der Waals surface area contributed by atoms with Gasteiger partial charge < -0.3 is 14.8 Å². The predicted molar refractivity (Wildman–Crippen MR) is 114 cm³/mol. The molecule has 0 radical (unpaired) electrons. The van der Waals surface area contributed by atoms with Crippen molar-refractivity contribution in [1.29, 1.82) is 0 Å². The number of piperidine rings is 1. The number of likely N-dealkylation sites (tertiary alicyclic amines) is 1. The number of hydrogen-bond acceptors (Lipinski definition) is 4. The van der Waals surface area contributed by atoms with Crippen LogP contribution in [0.4, 0.5) is 0 Å². The Balaban J connectivity index is 1.25. The van der Waals surface area contributed by atoms with Crippen LogP contribution < -0.4 is 14.8 Å². The molecule has 2 aromatic rings. The average molecular weight is 392 g/mol. The SMILES string of the molecule is O=C(/C=C/c1ccc2c(c1)OCCO2)NCc1ccc(CN2CCCCC2)cc1. The number of benzene rings is 2. The van der Waals surface area contributed by atoms with Gasteiger partial charge >= 0.3 is 0 Å². The summed E-state index contributed by atoms with van der Waals surface area (Å²) >= 11 is 0. The predicted octanol–water partition coefficient (Wildman–Crippen LogP) is 3.77. The molecule has 2 aliphatic rings. The van der Waals surface area contributed by atoms with Gasteiger partial charge in [-0.15, -0.1) is 0 Å². The molecule has 2 heterocycles. The van der Waals surface area contributed by atoms with Crippen LogP contribution in [0.2, 0.25) is 0 Å². The number of ether oxygens (including phenoxy) is 2. The van der Waals surface area contributed by atoms with Gasteiger partial charge in [0.1, 0.15) is 13.2 Å². The Morgan fingerprint density at radius 3 is 2.45 bits per heavy atom. The fourth-order valence-electron chi connectivity index (χ4n) is 3.72. The molecule has 2 aromatic carbocycles. The van der Waals surface area contributed by atoms with Gasteiger partial charge in [-0.1, -0.05) is 36.8 Å². The lowest BCUT2D eigenvalue weighted by Crippen LogP contribution is -2.29. The topological polar surface area (TPSA) is 50.8 Å². The molecule has 4 rings (SSSR count). The third kappa shape index (κ3) is 5.61. The summed E-state index contributed by atoms with van der Waals surface area (Å²) < 4.78 is 11.1. The minimum absolute atomic E-state index is 0.114. The first-order valence-corrected chi connectivity index (χ1v) is 10.4. The van der Waals surface area contributed by atoms with Gasteiger partial charge in [-0.3, -0.25) is 9.69 Å². The summed E-state index contributed by atoms with van der Waals surface area (Å²) in [7, 11) is 0. The molecule has 1 N–H and O–H groups in total. The van der Waals surface area contributed by atoms with Crippen molar-refractivity contribution in [2.24, 2.45) is 0 Å². The van der Waals surface area contributed by atoms with E-state index in [4.69, 9.17) is 9.47 Å². The second-order valence-electron chi connectivity index (χ2n) is 7.61. The Morgan fingerprint density at radius 2 is 1.66 bits per heavy atom. The van der Waals surface area contributed by atoms with E-state index < -0.39 is 0 Å². The van der Waals surface area contributed by atoms with Gasteiger partial charge in [-0.25, -0.2) is 0 Å². The number of carbonyl (C=O) groups is 1. The average Bonchev–Trinajstić information content (AvgIpc) is 2.78. The molecule has 0 bridgehead atoms. The molecule has 5 heteroatoms. The van der Waals surface area contributed by atoms with Crippen LogP contribution in [0.15, 0.2) is 48.5 Å². The largest absolute Gasteiger partial charge is 0.486 e. The normalized spacial score (nSPS) is 16.7. The maximum Gasteiger partial charge on any atom is 0.244 e. The number of nitrogens with zero attached hydrogens (tertiary/aromatic N) is 1. The van der Waals surface area contributed by atoms with Crippen molar-refractivity contribution in [2.75, 3.05) is 26.3 Å². The minimum Gasteiger partial charge on any atom is -0.486 e. The van der Waals surface area contributed by atoms with E-state index in [0.29, 0.717) is 19.8 Å². The van der Waals surface area contributed by atoms with E-state index in [9.17, 15) is 4.79 Å². The molecule has 2 aliphatic heterocycles. The van der Waals surface area contributed by atoms with Crippen LogP contribution in [-0.2, 0) is 17.9 Å². The van der Waals surface area contributed by atoms with Crippen LogP contribution in [0.3, 0.4) is 0 Å². The second-order valence-corrected chi connectivity index (χ2v) is 7.61. The van der Waals surface area contributed by atoms with Gasteiger partial charge in [-0.2, -0.15) is 0 Å². The number of fused-ring (bicyclic) bond motifs is 1. The van der Waals surface area contributed by atoms with E-state index in [1.807, 2.05) is 18.2 Å². The molecular weight excluding hydrogens is 364 g/mol. The van der Waals surface area contributed by atoms with Gasteiger partial charge in [-0.05, 0) is 60.8 Å². The van der Waals surface area contributed by atoms with Crippen molar-refractivity contribution in [3.05, 3.63) is 65.2 Å². The fourth-order valence-corrected chi connectivity index (χ4v) is 3.72. The smallest absolute Gasteiger partial charge is 0.244 e. The van der Waals surface area contributed by atoms with Gasteiger partial charge in [0.05, 0.1) is 0 Å². The van der Waals surface area contributed by atoms with E-state index in [1.54, 1.807) is 12.2 Å². The Bertz CT molecular complexity index is 855. The zero-order valence-corrected chi connectivity index (χ0v) is 16.7. The first-order valence-electron chi connectivity index (χ1n) is 10.4. The van der Waals surface area contributed by atoms with Crippen LogP contribution in [-0.4, -0.2) is 37.1 Å². The minimum atomic E-state index is -0.114. The number of hydrogen-bond donors (Lipinski definition) is 1. The summed E-state index contributed by atoms with van der Waals surface area (Å²) in [5, 5.41) is 2.94. The highest BCUT2D eigenvalue weighted by atomic mass is 16.6. The van der Waals surface area contributed by atoms with Crippen LogP contribution in [0.25, 0.3) is 6.08 Å². The van der Waals surface area contributed by atoms with Gasteiger partial charge in [0.2, 0.25) is 5.91 Å². The number of nitrogens with one attached hydrogen (secondary N) is 1. The number of carbonyl (C=O) groups excluding carboxylic acids is 1. The zero-order valence-electron chi connectivity index (χ0n) is 16.7. The molecule has 0 atom stereocenters. The summed E-state index contributed by atoms with van der Waals surface area (Å²) in [6, 6.07) is 14.2. The molecule has 1 saturated heterocycles. The Labute approximate surface area is 172 Å². The van der Waals surface area contributed by atoms with Crippen molar-refractivity contribution in [2.45, 2.75) is 32.4 Å². The lowest BCUT2D eigenvalue weighted by Gasteiger charge is -2.26. The first kappa shape index (κ1) is 19.5. The maximum absolute atomic E-state index is 12.1. The highest BCUT2D eigenvalue weighted by Crippen LogP contribution is 2.31. The number of rotatable bonds is 6. The molecule has 0 aliphatic carbocycles. The summed E-state index contributed by atoms with van der Waals surface area (Å²) in [4.78, 5) is 14.7. The Kier molecular flexibility index (Phi) is 6.47. The maximum atomic E-state index is 12.1. The quantitative estimate of drug-likeness (QED) is 0.761. The van der Waals surface area contributed by atoms with Gasteiger partial charge in [0.25, 0.3) is 0 Å². The molecule has 1 fully saturated rings. The fraction of sp³-hybridized carbons (Fsp3) is 0.375. The molecule has 5 nitrogen and oxygen atoms in total. The van der Waals surface area contributed by atoms with E-state index >= 15 is 0 Å². The van der Waals surface area contributed by atoms with Crippen LogP contribution >= 0.6 is 0 Å². The van der Waals surface area contributed by atoms with Crippen LogP contribution in [0.5, 0.6) is 11.5 Å². The standard InChI is InChI=1S/C24H28N2O3/c27-24(11-9-19-8-10-22-23(16-19)29-15-14-28-22)25-17-20-4-6-21(7-5-20)18-26-12-2-1-3-13-26/h4-11,16H,1-3,12-15,17-18H2,(H,25,27)/b11-9+. The van der Waals surface area contributed by atoms with Gasteiger partial charge in [0, 0.05) is 19.2 Å². The van der Waals surface area contributed by atoms with E-state index in [2.05, 4.69) is 34.5 Å². The Morgan fingerprint density at radius 1 is 0.931 bits per heavy atom. The molecule has 152 valence electrons. The molecule has 0 unspecified atom stereocenters. The molecule has 0 saturated carbocycles. The monoisotopic (exact) mass is 392 g/mol.